The summed E-state index contributed by atoms with van der Waals surface area (Å²) < 4.78 is 0. The monoisotopic (exact) mass is 216 g/mol. The summed E-state index contributed by atoms with van der Waals surface area (Å²) in [5.41, 5.74) is 4.50. The number of hydrazine groups is 1. The Hall–Kier alpha value is -2.10. The zero-order valence-electron chi connectivity index (χ0n) is 9.15. The van der Waals surface area contributed by atoms with Crippen molar-refractivity contribution in [3.8, 4) is 0 Å². The van der Waals surface area contributed by atoms with E-state index < -0.39 is 0 Å². The molecule has 16 heavy (non-hydrogen) atoms. The van der Waals surface area contributed by atoms with Crippen molar-refractivity contribution in [1.29, 1.82) is 0 Å². The molecule has 1 heterocycles. The second-order valence-electron chi connectivity index (χ2n) is 3.67. The van der Waals surface area contributed by atoms with E-state index in [-0.39, 0.29) is 11.8 Å². The number of benzene rings is 1. The van der Waals surface area contributed by atoms with Gasteiger partial charge in [-0.25, -0.2) is 0 Å². The topological polar surface area (TPSA) is 49.4 Å². The summed E-state index contributed by atoms with van der Waals surface area (Å²) in [6.07, 6.45) is 0. The van der Waals surface area contributed by atoms with E-state index in [1.165, 1.54) is 0 Å². The zero-order valence-corrected chi connectivity index (χ0v) is 9.15. The van der Waals surface area contributed by atoms with Gasteiger partial charge in [0, 0.05) is 11.1 Å². The number of para-hydroxylation sites is 1. The molecule has 0 unspecified atom stereocenters. The molecule has 0 atom stereocenters. The van der Waals surface area contributed by atoms with Crippen LogP contribution in [0.15, 0.2) is 41.5 Å². The van der Waals surface area contributed by atoms with Crippen LogP contribution in [0.25, 0.3) is 0 Å². The first-order valence-corrected chi connectivity index (χ1v) is 4.99. The number of amides is 2. The van der Waals surface area contributed by atoms with Crippen LogP contribution in [0.1, 0.15) is 13.8 Å². The number of hydrogen-bond acceptors (Lipinski definition) is 3. The molecule has 4 heteroatoms. The third-order valence-corrected chi connectivity index (χ3v) is 2.62. The average Bonchev–Trinajstić information content (AvgIpc) is 2.48. The first kappa shape index (κ1) is 10.4. The van der Waals surface area contributed by atoms with Gasteiger partial charge in [0.25, 0.3) is 11.8 Å². The van der Waals surface area contributed by atoms with Gasteiger partial charge in [-0.05, 0) is 26.0 Å². The maximum absolute atomic E-state index is 11.7. The van der Waals surface area contributed by atoms with E-state index in [2.05, 4.69) is 5.43 Å². The van der Waals surface area contributed by atoms with Crippen LogP contribution >= 0.6 is 0 Å². The quantitative estimate of drug-likeness (QED) is 0.766. The maximum Gasteiger partial charge on any atom is 0.275 e. The van der Waals surface area contributed by atoms with Gasteiger partial charge in [-0.1, -0.05) is 18.2 Å². The zero-order chi connectivity index (χ0) is 11.7. The van der Waals surface area contributed by atoms with Gasteiger partial charge in [0.1, 0.15) is 0 Å². The lowest BCUT2D eigenvalue weighted by Crippen LogP contribution is -2.36. The molecule has 2 rings (SSSR count). The molecule has 0 aromatic heterocycles. The summed E-state index contributed by atoms with van der Waals surface area (Å²) in [5, 5.41) is 1.04. The minimum atomic E-state index is -0.286. The fraction of sp³-hybridized carbons (Fsp3) is 0.167. The number of nitrogens with zero attached hydrogens (tertiary/aromatic N) is 1. The smallest absolute Gasteiger partial charge is 0.275 e. The Morgan fingerprint density at radius 1 is 0.938 bits per heavy atom. The molecule has 0 saturated carbocycles. The first-order chi connectivity index (χ1) is 7.61. The SMILES string of the molecule is CC1=C(C)C(=O)N(Nc2ccccc2)C1=O. The lowest BCUT2D eigenvalue weighted by atomic mass is 10.2. The molecular weight excluding hydrogens is 204 g/mol. The molecule has 2 amide bonds. The highest BCUT2D eigenvalue weighted by atomic mass is 16.2. The fourth-order valence-corrected chi connectivity index (χ4v) is 1.49. The van der Waals surface area contributed by atoms with E-state index in [1.54, 1.807) is 26.0 Å². The second-order valence-corrected chi connectivity index (χ2v) is 3.67. The Morgan fingerprint density at radius 3 is 1.94 bits per heavy atom. The van der Waals surface area contributed by atoms with Crippen molar-refractivity contribution in [3.05, 3.63) is 41.5 Å². The molecule has 0 fully saturated rings. The largest absolute Gasteiger partial charge is 0.288 e. The van der Waals surface area contributed by atoms with Gasteiger partial charge in [0.15, 0.2) is 0 Å². The molecule has 0 saturated heterocycles. The van der Waals surface area contributed by atoms with Crippen LogP contribution in [-0.2, 0) is 9.59 Å². The summed E-state index contributed by atoms with van der Waals surface area (Å²) in [7, 11) is 0. The average molecular weight is 216 g/mol. The van der Waals surface area contributed by atoms with Gasteiger partial charge in [0.2, 0.25) is 0 Å². The molecule has 0 aliphatic carbocycles. The molecule has 0 bridgehead atoms. The highest BCUT2D eigenvalue weighted by molar-refractivity contribution is 6.19. The van der Waals surface area contributed by atoms with Gasteiger partial charge in [-0.3, -0.25) is 15.0 Å². The van der Waals surface area contributed by atoms with Gasteiger partial charge in [-0.2, -0.15) is 5.01 Å². The normalized spacial score (nSPS) is 16.0. The van der Waals surface area contributed by atoms with E-state index >= 15 is 0 Å². The lowest BCUT2D eigenvalue weighted by Gasteiger charge is -2.16. The lowest BCUT2D eigenvalue weighted by molar-refractivity contribution is -0.135. The summed E-state index contributed by atoms with van der Waals surface area (Å²) in [4.78, 5) is 23.4. The Balaban J connectivity index is 2.21. The Bertz CT molecular complexity index is 453. The Morgan fingerprint density at radius 2 is 1.44 bits per heavy atom. The highest BCUT2D eigenvalue weighted by Gasteiger charge is 2.33. The van der Waals surface area contributed by atoms with Gasteiger partial charge in [0.05, 0.1) is 5.69 Å². The van der Waals surface area contributed by atoms with Crippen molar-refractivity contribution in [1.82, 2.24) is 5.01 Å². The van der Waals surface area contributed by atoms with Crippen LogP contribution in [0.3, 0.4) is 0 Å². The van der Waals surface area contributed by atoms with Crippen LogP contribution in [0, 0.1) is 0 Å². The minimum Gasteiger partial charge on any atom is -0.288 e. The van der Waals surface area contributed by atoms with Gasteiger partial charge < -0.3 is 0 Å². The van der Waals surface area contributed by atoms with Crippen LogP contribution in [0.4, 0.5) is 5.69 Å². The molecule has 1 aromatic rings. The summed E-state index contributed by atoms with van der Waals surface area (Å²) >= 11 is 0. The number of imide groups is 1. The van der Waals surface area contributed by atoms with Crippen molar-refractivity contribution in [2.24, 2.45) is 0 Å². The molecule has 1 aliphatic rings. The summed E-state index contributed by atoms with van der Waals surface area (Å²) in [6.45, 7) is 3.31. The van der Waals surface area contributed by atoms with Crippen molar-refractivity contribution in [2.75, 3.05) is 5.43 Å². The molecule has 4 nitrogen and oxygen atoms in total. The van der Waals surface area contributed by atoms with Gasteiger partial charge in [-0.15, -0.1) is 0 Å². The van der Waals surface area contributed by atoms with Crippen molar-refractivity contribution in [3.63, 3.8) is 0 Å². The van der Waals surface area contributed by atoms with Crippen LogP contribution in [0.2, 0.25) is 0 Å². The van der Waals surface area contributed by atoms with Crippen LogP contribution < -0.4 is 5.43 Å². The van der Waals surface area contributed by atoms with Crippen molar-refractivity contribution >= 4 is 17.5 Å². The predicted octanol–water partition coefficient (Wildman–Crippen LogP) is 1.72. The molecular formula is C12H12N2O2. The third-order valence-electron chi connectivity index (χ3n) is 2.62. The van der Waals surface area contributed by atoms with Crippen molar-refractivity contribution < 1.29 is 9.59 Å². The standard InChI is InChI=1S/C12H12N2O2/c1-8-9(2)12(16)14(11(8)15)13-10-6-4-3-5-7-10/h3-7,13H,1-2H3. The van der Waals surface area contributed by atoms with E-state index in [9.17, 15) is 9.59 Å². The molecule has 82 valence electrons. The second kappa shape index (κ2) is 3.81. The summed E-state index contributed by atoms with van der Waals surface area (Å²) in [6, 6.07) is 9.13. The number of carbonyl (C=O) groups excluding carboxylic acids is 2. The molecule has 1 aliphatic heterocycles. The number of hydrogen-bond donors (Lipinski definition) is 1. The van der Waals surface area contributed by atoms with E-state index in [4.69, 9.17) is 0 Å². The third kappa shape index (κ3) is 1.58. The Labute approximate surface area is 93.5 Å². The minimum absolute atomic E-state index is 0.286. The number of rotatable bonds is 2. The van der Waals surface area contributed by atoms with Crippen molar-refractivity contribution in [2.45, 2.75) is 13.8 Å². The molecule has 1 aromatic carbocycles. The number of anilines is 1. The summed E-state index contributed by atoms with van der Waals surface area (Å²) in [5.74, 6) is -0.572. The molecule has 0 spiro atoms. The van der Waals surface area contributed by atoms with Crippen LogP contribution in [0.5, 0.6) is 0 Å². The Kier molecular flexibility index (Phi) is 2.48. The number of carbonyl (C=O) groups is 2. The maximum atomic E-state index is 11.7. The first-order valence-electron chi connectivity index (χ1n) is 4.99. The van der Waals surface area contributed by atoms with E-state index in [1.807, 2.05) is 18.2 Å². The predicted molar refractivity (Wildman–Crippen MR) is 60.3 cm³/mol. The van der Waals surface area contributed by atoms with E-state index in [0.717, 1.165) is 5.01 Å². The molecule has 0 radical (unpaired) electrons. The van der Waals surface area contributed by atoms with Crippen LogP contribution in [-0.4, -0.2) is 16.8 Å². The van der Waals surface area contributed by atoms with E-state index in [0.29, 0.717) is 16.8 Å². The highest BCUT2D eigenvalue weighted by Crippen LogP contribution is 2.20. The number of nitrogens with one attached hydrogen (secondary N) is 1. The molecule has 1 N–H and O–H groups in total. The fourth-order valence-electron chi connectivity index (χ4n) is 1.49. The van der Waals surface area contributed by atoms with Gasteiger partial charge >= 0.3 is 0 Å².